The first-order valence-electron chi connectivity index (χ1n) is 14.2. The molecule has 0 unspecified atom stereocenters. The number of fused-ring (bicyclic) bond motifs is 4. The number of hydrogen-bond acceptors (Lipinski definition) is 0. The van der Waals surface area contributed by atoms with Gasteiger partial charge in [0.25, 0.3) is 0 Å². The van der Waals surface area contributed by atoms with Crippen molar-refractivity contribution in [2.24, 2.45) is 0 Å². The molecule has 0 bridgehead atoms. The monoisotopic (exact) mass is 518 g/mol. The van der Waals surface area contributed by atoms with Gasteiger partial charge in [-0.25, -0.2) is 0 Å². The van der Waals surface area contributed by atoms with Crippen molar-refractivity contribution in [3.63, 3.8) is 0 Å². The number of para-hydroxylation sites is 2. The second-order valence-electron chi connectivity index (χ2n) is 9.70. The minimum absolute atomic E-state index is 1.17. The van der Waals surface area contributed by atoms with E-state index in [9.17, 15) is 0 Å². The van der Waals surface area contributed by atoms with Gasteiger partial charge in [0.1, 0.15) is 0 Å². The van der Waals surface area contributed by atoms with Crippen molar-refractivity contribution in [3.05, 3.63) is 132 Å². The van der Waals surface area contributed by atoms with E-state index in [1.807, 2.05) is 13.8 Å². The molecule has 0 aliphatic carbocycles. The summed E-state index contributed by atoms with van der Waals surface area (Å²) < 4.78 is 4.79. The van der Waals surface area contributed by atoms with Crippen LogP contribution in [-0.4, -0.2) is 9.13 Å². The normalized spacial score (nSPS) is 12.3. The first-order chi connectivity index (χ1) is 19.8. The Morgan fingerprint density at radius 2 is 1.02 bits per heavy atom. The van der Waals surface area contributed by atoms with Crippen LogP contribution in [0.2, 0.25) is 0 Å². The number of rotatable bonds is 3. The Hall–Kier alpha value is -4.82. The van der Waals surface area contributed by atoms with Crippen LogP contribution in [0.3, 0.4) is 0 Å². The average molecular weight is 519 g/mol. The molecule has 40 heavy (non-hydrogen) atoms. The summed E-state index contributed by atoms with van der Waals surface area (Å²) in [4.78, 5) is 0. The maximum Gasteiger partial charge on any atom is 0.0542 e. The summed E-state index contributed by atoms with van der Waals surface area (Å²) in [5, 5.41) is 6.29. The molecule has 2 heterocycles. The first kappa shape index (κ1) is 25.5. The molecule has 5 aromatic carbocycles. The van der Waals surface area contributed by atoms with Crippen LogP contribution in [0.4, 0.5) is 0 Å². The molecule has 0 saturated carbocycles. The Labute approximate surface area is 235 Å². The molecule has 0 N–H and O–H groups in total. The van der Waals surface area contributed by atoms with Crippen molar-refractivity contribution in [1.82, 2.24) is 9.13 Å². The Bertz CT molecular complexity index is 2040. The van der Waals surface area contributed by atoms with Crippen LogP contribution in [-0.2, 0) is 0 Å². The smallest absolute Gasteiger partial charge is 0.0542 e. The maximum absolute atomic E-state index is 2.40. The number of hydrogen-bond donors (Lipinski definition) is 0. The summed E-state index contributed by atoms with van der Waals surface area (Å²) in [7, 11) is 0. The van der Waals surface area contributed by atoms with Gasteiger partial charge in [-0.2, -0.15) is 0 Å². The third kappa shape index (κ3) is 4.04. The second kappa shape index (κ2) is 10.7. The van der Waals surface area contributed by atoms with E-state index in [4.69, 9.17) is 0 Å². The third-order valence-electron chi connectivity index (χ3n) is 7.64. The molecule has 2 nitrogen and oxygen atoms in total. The zero-order valence-electron chi connectivity index (χ0n) is 23.6. The molecular weight excluding hydrogens is 484 g/mol. The van der Waals surface area contributed by atoms with E-state index in [0.717, 1.165) is 0 Å². The van der Waals surface area contributed by atoms with Gasteiger partial charge in [0.15, 0.2) is 0 Å². The van der Waals surface area contributed by atoms with Crippen LogP contribution >= 0.6 is 0 Å². The topological polar surface area (TPSA) is 9.86 Å². The van der Waals surface area contributed by atoms with Crippen LogP contribution in [0.15, 0.2) is 121 Å². The highest BCUT2D eigenvalue weighted by molar-refractivity contribution is 6.09. The van der Waals surface area contributed by atoms with E-state index in [1.54, 1.807) is 0 Å². The number of aromatic nitrogens is 2. The van der Waals surface area contributed by atoms with Gasteiger partial charge in [-0.1, -0.05) is 105 Å². The first-order valence-corrected chi connectivity index (χ1v) is 14.2. The van der Waals surface area contributed by atoms with Crippen LogP contribution in [0.5, 0.6) is 0 Å². The molecule has 7 aromatic rings. The predicted molar refractivity (Wildman–Crippen MR) is 174 cm³/mol. The van der Waals surface area contributed by atoms with Crippen LogP contribution in [0, 0.1) is 0 Å². The summed E-state index contributed by atoms with van der Waals surface area (Å²) in [6.45, 7) is 8.27. The molecule has 0 aliphatic rings. The quantitative estimate of drug-likeness (QED) is 0.221. The van der Waals surface area contributed by atoms with E-state index in [0.29, 0.717) is 0 Å². The molecule has 0 amide bonds. The molecule has 0 aliphatic heterocycles. The lowest BCUT2D eigenvalue weighted by Gasteiger charge is -2.11. The van der Waals surface area contributed by atoms with Gasteiger partial charge in [-0.15, -0.1) is 0 Å². The largest absolute Gasteiger partial charge is 0.310 e. The molecule has 2 aromatic heterocycles. The number of nitrogens with zero attached hydrogens (tertiary/aromatic N) is 2. The highest BCUT2D eigenvalue weighted by Gasteiger charge is 2.15. The van der Waals surface area contributed by atoms with Gasteiger partial charge in [-0.3, -0.25) is 0 Å². The summed E-state index contributed by atoms with van der Waals surface area (Å²) >= 11 is 0. The summed E-state index contributed by atoms with van der Waals surface area (Å²) in [6, 6.07) is 43.7. The molecule has 0 fully saturated rings. The van der Waals surface area contributed by atoms with E-state index in [2.05, 4.69) is 156 Å². The lowest BCUT2D eigenvalue weighted by Crippen LogP contribution is -2.27. The van der Waals surface area contributed by atoms with Gasteiger partial charge in [0.2, 0.25) is 0 Å². The second-order valence-corrected chi connectivity index (χ2v) is 9.70. The van der Waals surface area contributed by atoms with Gasteiger partial charge in [0.05, 0.1) is 16.6 Å². The zero-order valence-corrected chi connectivity index (χ0v) is 23.6. The van der Waals surface area contributed by atoms with Gasteiger partial charge >= 0.3 is 0 Å². The molecule has 0 spiro atoms. The zero-order chi connectivity index (χ0) is 27.6. The van der Waals surface area contributed by atoms with Gasteiger partial charge in [-0.05, 0) is 67.4 Å². The highest BCUT2D eigenvalue weighted by atomic mass is 15.0. The Morgan fingerprint density at radius 3 is 1.68 bits per heavy atom. The fourth-order valence-electron chi connectivity index (χ4n) is 5.98. The fourth-order valence-corrected chi connectivity index (χ4v) is 5.98. The third-order valence-corrected chi connectivity index (χ3v) is 7.64. The molecule has 0 atom stereocenters. The average Bonchev–Trinajstić information content (AvgIpc) is 3.54. The van der Waals surface area contributed by atoms with E-state index >= 15 is 0 Å². The minimum atomic E-state index is 1.17. The minimum Gasteiger partial charge on any atom is -0.310 e. The van der Waals surface area contributed by atoms with Gasteiger partial charge < -0.3 is 9.13 Å². The van der Waals surface area contributed by atoms with Crippen LogP contribution in [0.1, 0.15) is 27.7 Å². The van der Waals surface area contributed by atoms with Crippen LogP contribution < -0.4 is 10.6 Å². The van der Waals surface area contributed by atoms with E-state index in [1.165, 1.54) is 65.8 Å². The Morgan fingerprint density at radius 1 is 0.450 bits per heavy atom. The lowest BCUT2D eigenvalue weighted by atomic mass is 10.1. The fraction of sp³-hybridized carbons (Fsp3) is 0.105. The van der Waals surface area contributed by atoms with E-state index < -0.39 is 0 Å². The van der Waals surface area contributed by atoms with Gasteiger partial charge in [0, 0.05) is 38.1 Å². The van der Waals surface area contributed by atoms with Crippen molar-refractivity contribution >= 4 is 44.9 Å². The van der Waals surface area contributed by atoms with Crippen molar-refractivity contribution in [2.75, 3.05) is 0 Å². The molecule has 196 valence electrons. The summed E-state index contributed by atoms with van der Waals surface area (Å²) in [6.07, 6.45) is 4.47. The molecule has 2 heteroatoms. The van der Waals surface area contributed by atoms with Crippen molar-refractivity contribution in [3.8, 4) is 22.5 Å². The standard InChI is InChI=1S/C36H28N2.C2H6/c1-3-29-32-24-28(38-34-19-10-8-17-30(34)31-18-9-11-20-35(31)38)21-22-36(32)37(33(29)4-2)27-16-12-15-26(23-27)25-13-6-5-7-14-25;1-2/h3-24H,1-2H3;1-2H3/b29-3-,33-4+;. The molecule has 0 radical (unpaired) electrons. The SMILES string of the molecule is C/C=c1\c(=C/C)n(-c2cccc(-c3ccccc3)c2)c2ccc(-n3c4ccccc4c4ccccc43)cc12.CC. The van der Waals surface area contributed by atoms with E-state index in [-0.39, 0.29) is 0 Å². The van der Waals surface area contributed by atoms with Crippen molar-refractivity contribution in [2.45, 2.75) is 27.7 Å². The van der Waals surface area contributed by atoms with Crippen molar-refractivity contribution in [1.29, 1.82) is 0 Å². The van der Waals surface area contributed by atoms with Crippen molar-refractivity contribution < 1.29 is 0 Å². The summed E-state index contributed by atoms with van der Waals surface area (Å²) in [5.41, 5.74) is 8.46. The highest BCUT2D eigenvalue weighted by Crippen LogP contribution is 2.32. The Kier molecular flexibility index (Phi) is 6.84. The van der Waals surface area contributed by atoms with Crippen LogP contribution in [0.25, 0.3) is 67.4 Å². The Balaban J connectivity index is 0.00000142. The summed E-state index contributed by atoms with van der Waals surface area (Å²) in [5.74, 6) is 0. The lowest BCUT2D eigenvalue weighted by molar-refractivity contribution is 1.07. The number of benzene rings is 5. The predicted octanol–water partition coefficient (Wildman–Crippen LogP) is 9.02. The molecule has 0 saturated heterocycles. The molecule has 7 rings (SSSR count). The molecular formula is C38H34N2. The maximum atomic E-state index is 2.40.